The minimum Gasteiger partial charge on any atom is -0.495 e. The van der Waals surface area contributed by atoms with Crippen LogP contribution in [0.2, 0.25) is 5.02 Å². The molecular formula is C18H25Cl2N5O2. The number of amides is 1. The van der Waals surface area contributed by atoms with E-state index in [0.29, 0.717) is 16.5 Å². The minimum absolute atomic E-state index is 0. The molecule has 0 aliphatic carbocycles. The zero-order valence-electron chi connectivity index (χ0n) is 15.7. The number of methoxy groups -OCH3 is 1. The number of nitrogens with zero attached hydrogens (tertiary/aromatic N) is 3. The number of carbonyl (C=O) groups excluding carboxylic acids is 1. The number of ether oxygens (including phenoxy) is 1. The summed E-state index contributed by atoms with van der Waals surface area (Å²) in [6.07, 6.45) is 3.70. The Kier molecular flexibility index (Phi) is 7.49. The molecule has 0 saturated carbocycles. The van der Waals surface area contributed by atoms with E-state index < -0.39 is 0 Å². The van der Waals surface area contributed by atoms with Gasteiger partial charge in [0, 0.05) is 50.2 Å². The van der Waals surface area contributed by atoms with Gasteiger partial charge in [-0.15, -0.1) is 12.4 Å². The van der Waals surface area contributed by atoms with Crippen molar-refractivity contribution in [3.63, 3.8) is 0 Å². The highest BCUT2D eigenvalue weighted by molar-refractivity contribution is 6.31. The summed E-state index contributed by atoms with van der Waals surface area (Å²) in [5.74, 6) is 1.41. The number of halogens is 2. The van der Waals surface area contributed by atoms with E-state index in [1.54, 1.807) is 19.4 Å². The number of imidazole rings is 1. The molecule has 1 aliphatic rings. The van der Waals surface area contributed by atoms with Gasteiger partial charge in [0.25, 0.3) is 0 Å². The van der Waals surface area contributed by atoms with Gasteiger partial charge in [0.1, 0.15) is 11.6 Å². The summed E-state index contributed by atoms with van der Waals surface area (Å²) in [6, 6.07) is 3.60. The van der Waals surface area contributed by atoms with Gasteiger partial charge in [-0.3, -0.25) is 9.69 Å². The number of aryl methyl sites for hydroxylation is 2. The smallest absolute Gasteiger partial charge is 0.238 e. The summed E-state index contributed by atoms with van der Waals surface area (Å²) >= 11 is 6.13. The highest BCUT2D eigenvalue weighted by atomic mass is 35.5. The molecule has 2 N–H and O–H groups in total. The SMILES string of the molecule is COc1cc(Cl)c(C)cc1NC(=O)CN1CCNCC1c1nccn1C.Cl. The van der Waals surface area contributed by atoms with Crippen LogP contribution in [0.1, 0.15) is 17.4 Å². The molecule has 0 radical (unpaired) electrons. The predicted molar refractivity (Wildman–Crippen MR) is 109 cm³/mol. The molecule has 1 atom stereocenters. The first-order valence-corrected chi connectivity index (χ1v) is 8.93. The number of nitrogens with one attached hydrogen (secondary N) is 2. The van der Waals surface area contributed by atoms with Gasteiger partial charge >= 0.3 is 0 Å². The maximum atomic E-state index is 12.7. The molecule has 27 heavy (non-hydrogen) atoms. The Balaban J connectivity index is 0.00000261. The zero-order valence-corrected chi connectivity index (χ0v) is 17.2. The highest BCUT2D eigenvalue weighted by Gasteiger charge is 2.28. The number of piperazine rings is 1. The maximum Gasteiger partial charge on any atom is 0.238 e. The van der Waals surface area contributed by atoms with Gasteiger partial charge in [0.2, 0.25) is 5.91 Å². The number of hydrogen-bond donors (Lipinski definition) is 2. The van der Waals surface area contributed by atoms with Crippen molar-refractivity contribution >= 4 is 35.6 Å². The van der Waals surface area contributed by atoms with Gasteiger partial charge < -0.3 is 19.9 Å². The van der Waals surface area contributed by atoms with E-state index in [2.05, 4.69) is 20.5 Å². The summed E-state index contributed by atoms with van der Waals surface area (Å²) in [5, 5.41) is 6.93. The molecule has 1 aromatic heterocycles. The lowest BCUT2D eigenvalue weighted by Crippen LogP contribution is -2.49. The molecular weight excluding hydrogens is 389 g/mol. The average molecular weight is 414 g/mol. The third-order valence-corrected chi connectivity index (χ3v) is 5.02. The minimum atomic E-state index is -0.0915. The van der Waals surface area contributed by atoms with Crippen LogP contribution in [0.5, 0.6) is 5.75 Å². The van der Waals surface area contributed by atoms with Crippen LogP contribution in [0.15, 0.2) is 24.5 Å². The third kappa shape index (κ3) is 4.93. The first-order chi connectivity index (χ1) is 12.5. The second kappa shape index (κ2) is 9.41. The van der Waals surface area contributed by atoms with Crippen LogP contribution in [0, 0.1) is 6.92 Å². The van der Waals surface area contributed by atoms with Crippen molar-refractivity contribution in [3.05, 3.63) is 40.9 Å². The fraction of sp³-hybridized carbons (Fsp3) is 0.444. The topological polar surface area (TPSA) is 71.4 Å². The quantitative estimate of drug-likeness (QED) is 0.787. The van der Waals surface area contributed by atoms with Gasteiger partial charge in [-0.2, -0.15) is 0 Å². The number of aromatic nitrogens is 2. The molecule has 1 aliphatic heterocycles. The van der Waals surface area contributed by atoms with E-state index >= 15 is 0 Å². The molecule has 9 heteroatoms. The molecule has 2 aromatic rings. The monoisotopic (exact) mass is 413 g/mol. The molecule has 1 amide bonds. The van der Waals surface area contributed by atoms with E-state index in [1.807, 2.05) is 30.8 Å². The van der Waals surface area contributed by atoms with Crippen molar-refractivity contribution in [2.24, 2.45) is 7.05 Å². The van der Waals surface area contributed by atoms with Crippen LogP contribution >= 0.6 is 24.0 Å². The van der Waals surface area contributed by atoms with Crippen LogP contribution in [-0.2, 0) is 11.8 Å². The van der Waals surface area contributed by atoms with Crippen LogP contribution in [-0.4, -0.2) is 53.6 Å². The largest absolute Gasteiger partial charge is 0.495 e. The van der Waals surface area contributed by atoms with Gasteiger partial charge in [-0.05, 0) is 18.6 Å². The summed E-state index contributed by atoms with van der Waals surface area (Å²) in [6.45, 7) is 4.57. The fourth-order valence-electron chi connectivity index (χ4n) is 3.19. The number of benzene rings is 1. The lowest BCUT2D eigenvalue weighted by Gasteiger charge is -2.35. The molecule has 2 heterocycles. The van der Waals surface area contributed by atoms with E-state index in [4.69, 9.17) is 16.3 Å². The molecule has 7 nitrogen and oxygen atoms in total. The van der Waals surface area contributed by atoms with Crippen molar-refractivity contribution in [2.75, 3.05) is 38.6 Å². The fourth-order valence-corrected chi connectivity index (χ4v) is 3.35. The number of rotatable bonds is 5. The number of hydrogen-bond acceptors (Lipinski definition) is 5. The normalized spacial score (nSPS) is 17.3. The summed E-state index contributed by atoms with van der Waals surface area (Å²) in [7, 11) is 3.53. The molecule has 1 unspecified atom stereocenters. The van der Waals surface area contributed by atoms with Gasteiger partial charge in [0.15, 0.2) is 0 Å². The molecule has 3 rings (SSSR count). The Labute approximate surface area is 170 Å². The first-order valence-electron chi connectivity index (χ1n) is 8.55. The van der Waals surface area contributed by atoms with E-state index in [0.717, 1.165) is 31.0 Å². The Morgan fingerprint density at radius 3 is 2.93 bits per heavy atom. The van der Waals surface area contributed by atoms with E-state index in [-0.39, 0.29) is 30.9 Å². The van der Waals surface area contributed by atoms with Gasteiger partial charge in [0.05, 0.1) is 25.4 Å². The predicted octanol–water partition coefficient (Wildman–Crippen LogP) is 2.40. The second-order valence-corrected chi connectivity index (χ2v) is 6.84. The summed E-state index contributed by atoms with van der Waals surface area (Å²) in [4.78, 5) is 19.2. The molecule has 1 saturated heterocycles. The molecule has 148 valence electrons. The van der Waals surface area contributed by atoms with E-state index in [9.17, 15) is 4.79 Å². The zero-order chi connectivity index (χ0) is 18.7. The average Bonchev–Trinajstić information content (AvgIpc) is 3.04. The van der Waals surface area contributed by atoms with Crippen molar-refractivity contribution in [1.29, 1.82) is 0 Å². The third-order valence-electron chi connectivity index (χ3n) is 4.61. The van der Waals surface area contributed by atoms with Crippen molar-refractivity contribution in [3.8, 4) is 5.75 Å². The number of carbonyl (C=O) groups is 1. The molecule has 1 fully saturated rings. The van der Waals surface area contributed by atoms with Crippen LogP contribution in [0.25, 0.3) is 0 Å². The highest BCUT2D eigenvalue weighted by Crippen LogP contribution is 2.31. The van der Waals surface area contributed by atoms with Gasteiger partial charge in [-0.25, -0.2) is 4.98 Å². The Hall–Kier alpha value is -1.80. The summed E-state index contributed by atoms with van der Waals surface area (Å²) in [5.41, 5.74) is 1.51. The Morgan fingerprint density at radius 1 is 1.48 bits per heavy atom. The molecule has 1 aromatic carbocycles. The Bertz CT molecular complexity index is 796. The van der Waals surface area contributed by atoms with Crippen LogP contribution < -0.4 is 15.4 Å². The second-order valence-electron chi connectivity index (χ2n) is 6.44. The number of anilines is 1. The van der Waals surface area contributed by atoms with E-state index in [1.165, 1.54) is 0 Å². The van der Waals surface area contributed by atoms with Crippen molar-refractivity contribution in [1.82, 2.24) is 19.8 Å². The first kappa shape index (κ1) is 21.5. The molecule has 0 spiro atoms. The Morgan fingerprint density at radius 2 is 2.26 bits per heavy atom. The lowest BCUT2D eigenvalue weighted by molar-refractivity contribution is -0.118. The maximum absolute atomic E-state index is 12.7. The van der Waals surface area contributed by atoms with Crippen molar-refractivity contribution < 1.29 is 9.53 Å². The molecule has 0 bridgehead atoms. The van der Waals surface area contributed by atoms with Gasteiger partial charge in [-0.1, -0.05) is 11.6 Å². The van der Waals surface area contributed by atoms with Crippen LogP contribution in [0.4, 0.5) is 5.69 Å². The van der Waals surface area contributed by atoms with Crippen LogP contribution in [0.3, 0.4) is 0 Å². The lowest BCUT2D eigenvalue weighted by atomic mass is 10.1. The standard InChI is InChI=1S/C18H24ClN5O2.ClH/c1-12-8-14(16(26-3)9-13(12)19)22-17(25)11-24-7-4-20-10-15(24)18-21-5-6-23(18)2;/h5-6,8-9,15,20H,4,7,10-11H2,1-3H3,(H,22,25);1H. The van der Waals surface area contributed by atoms with Crippen molar-refractivity contribution in [2.45, 2.75) is 13.0 Å². The summed E-state index contributed by atoms with van der Waals surface area (Å²) < 4.78 is 7.33.